The molecule has 0 saturated heterocycles. The molecule has 0 aromatic rings. The molecule has 0 fully saturated rings. The van der Waals surface area contributed by atoms with Crippen LogP contribution in [0.15, 0.2) is 9.39 Å². The van der Waals surface area contributed by atoms with E-state index in [2.05, 4.69) is 35.8 Å². The highest BCUT2D eigenvalue weighted by Crippen LogP contribution is 2.26. The summed E-state index contributed by atoms with van der Waals surface area (Å²) >= 11 is 4.84. The molecule has 0 bridgehead atoms. The van der Waals surface area contributed by atoms with Gasteiger partial charge in [0.2, 0.25) is 0 Å². The van der Waals surface area contributed by atoms with E-state index in [1.54, 1.807) is 0 Å². The molecule has 0 amide bonds. The average molecular weight is 220 g/mol. The Morgan fingerprint density at radius 1 is 1.60 bits per heavy atom. The number of rotatable bonds is 2. The molecule has 0 aliphatic rings. The fraction of sp³-hybridized carbons (Fsp3) is 0.571. The predicted octanol–water partition coefficient (Wildman–Crippen LogP) is 3.14. The topological polar surface area (TPSA) is 23.8 Å². The number of nitrogens with zero attached hydrogens (tertiary/aromatic N) is 1. The Kier molecular flexibility index (Phi) is 4.84. The SMILES string of the molecule is CS/C(C#N)=C(/Br)C(C)C. The van der Waals surface area contributed by atoms with Gasteiger partial charge in [-0.05, 0) is 12.2 Å². The van der Waals surface area contributed by atoms with Crippen molar-refractivity contribution in [1.29, 1.82) is 5.26 Å². The molecule has 0 aliphatic carbocycles. The van der Waals surface area contributed by atoms with Crippen LogP contribution in [0.2, 0.25) is 0 Å². The van der Waals surface area contributed by atoms with Crippen LogP contribution in [0.4, 0.5) is 0 Å². The third-order valence-corrected chi connectivity index (χ3v) is 3.32. The van der Waals surface area contributed by atoms with Crippen molar-refractivity contribution < 1.29 is 0 Å². The molecule has 3 heteroatoms. The number of hydrogen-bond donors (Lipinski definition) is 0. The Labute approximate surface area is 74.6 Å². The summed E-state index contributed by atoms with van der Waals surface area (Å²) in [5.41, 5.74) is 0. The Morgan fingerprint density at radius 3 is 2.20 bits per heavy atom. The summed E-state index contributed by atoms with van der Waals surface area (Å²) in [6.07, 6.45) is 1.90. The first-order chi connectivity index (χ1) is 4.63. The van der Waals surface area contributed by atoms with Gasteiger partial charge in [-0.2, -0.15) is 5.26 Å². The summed E-state index contributed by atoms with van der Waals surface area (Å²) in [4.78, 5) is 0.773. The number of allylic oxidation sites excluding steroid dienone is 2. The highest BCUT2D eigenvalue weighted by atomic mass is 79.9. The summed E-state index contributed by atoms with van der Waals surface area (Å²) in [5.74, 6) is 0.405. The van der Waals surface area contributed by atoms with Gasteiger partial charge in [0.05, 0.1) is 4.91 Å². The van der Waals surface area contributed by atoms with E-state index in [-0.39, 0.29) is 0 Å². The lowest BCUT2D eigenvalue weighted by atomic mass is 10.2. The molecule has 10 heavy (non-hydrogen) atoms. The second-order valence-electron chi connectivity index (χ2n) is 2.15. The molecule has 0 unspecified atom stereocenters. The third-order valence-electron chi connectivity index (χ3n) is 1.03. The van der Waals surface area contributed by atoms with Gasteiger partial charge < -0.3 is 0 Å². The first kappa shape index (κ1) is 10.1. The van der Waals surface area contributed by atoms with Gasteiger partial charge in [-0.1, -0.05) is 29.8 Å². The first-order valence-electron chi connectivity index (χ1n) is 2.97. The lowest BCUT2D eigenvalue weighted by molar-refractivity contribution is 0.819. The van der Waals surface area contributed by atoms with Crippen LogP contribution in [0.3, 0.4) is 0 Å². The van der Waals surface area contributed by atoms with Crippen molar-refractivity contribution in [2.45, 2.75) is 13.8 Å². The van der Waals surface area contributed by atoms with Crippen LogP contribution in [0, 0.1) is 17.2 Å². The van der Waals surface area contributed by atoms with E-state index >= 15 is 0 Å². The second kappa shape index (κ2) is 4.81. The van der Waals surface area contributed by atoms with Crippen molar-refractivity contribution in [2.75, 3.05) is 6.26 Å². The summed E-state index contributed by atoms with van der Waals surface area (Å²) in [6, 6.07) is 2.13. The fourth-order valence-corrected chi connectivity index (χ4v) is 1.55. The molecule has 0 rings (SSSR count). The van der Waals surface area contributed by atoms with Crippen LogP contribution in [0.1, 0.15) is 13.8 Å². The van der Waals surface area contributed by atoms with Crippen LogP contribution in [0.5, 0.6) is 0 Å². The summed E-state index contributed by atoms with van der Waals surface area (Å²) < 4.78 is 1.00. The molecular weight excluding hydrogens is 210 g/mol. The van der Waals surface area contributed by atoms with Gasteiger partial charge in [0.1, 0.15) is 6.07 Å². The van der Waals surface area contributed by atoms with Crippen molar-refractivity contribution in [1.82, 2.24) is 0 Å². The van der Waals surface area contributed by atoms with Gasteiger partial charge in [-0.25, -0.2) is 0 Å². The number of hydrogen-bond acceptors (Lipinski definition) is 2. The van der Waals surface area contributed by atoms with Gasteiger partial charge in [-0.15, -0.1) is 11.8 Å². The number of halogens is 1. The molecular formula is C7H10BrNS. The Morgan fingerprint density at radius 2 is 2.10 bits per heavy atom. The van der Waals surface area contributed by atoms with E-state index < -0.39 is 0 Å². The van der Waals surface area contributed by atoms with E-state index in [0.29, 0.717) is 5.92 Å². The molecule has 0 radical (unpaired) electrons. The fourth-order valence-electron chi connectivity index (χ4n) is 0.459. The van der Waals surface area contributed by atoms with Gasteiger partial charge in [-0.3, -0.25) is 0 Å². The van der Waals surface area contributed by atoms with Crippen LogP contribution in [-0.2, 0) is 0 Å². The molecule has 0 saturated carbocycles. The minimum Gasteiger partial charge on any atom is -0.192 e. The highest BCUT2D eigenvalue weighted by molar-refractivity contribution is 9.11. The predicted molar refractivity (Wildman–Crippen MR) is 49.9 cm³/mol. The van der Waals surface area contributed by atoms with Crippen molar-refractivity contribution in [3.63, 3.8) is 0 Å². The quantitative estimate of drug-likeness (QED) is 0.667. The third kappa shape index (κ3) is 2.76. The summed E-state index contributed by atoms with van der Waals surface area (Å²) in [5, 5.41) is 8.59. The number of thioether (sulfide) groups is 1. The lowest BCUT2D eigenvalue weighted by Gasteiger charge is -2.03. The second-order valence-corrected chi connectivity index (χ2v) is 3.82. The van der Waals surface area contributed by atoms with Crippen LogP contribution < -0.4 is 0 Å². The largest absolute Gasteiger partial charge is 0.192 e. The molecule has 0 spiro atoms. The average Bonchev–Trinajstić information content (AvgIpc) is 1.90. The van der Waals surface area contributed by atoms with Gasteiger partial charge in [0.25, 0.3) is 0 Å². The maximum atomic E-state index is 8.59. The lowest BCUT2D eigenvalue weighted by Crippen LogP contribution is -1.88. The van der Waals surface area contributed by atoms with Crippen molar-refractivity contribution in [2.24, 2.45) is 5.92 Å². The van der Waals surface area contributed by atoms with Crippen LogP contribution in [0.25, 0.3) is 0 Å². The van der Waals surface area contributed by atoms with Crippen LogP contribution >= 0.6 is 27.7 Å². The Hall–Kier alpha value is 0.0600. The molecule has 1 nitrogen and oxygen atoms in total. The van der Waals surface area contributed by atoms with Crippen molar-refractivity contribution in [3.8, 4) is 6.07 Å². The Balaban J connectivity index is 4.48. The van der Waals surface area contributed by atoms with Crippen LogP contribution in [-0.4, -0.2) is 6.26 Å². The minimum atomic E-state index is 0.405. The number of nitriles is 1. The molecule has 0 aromatic carbocycles. The van der Waals surface area contributed by atoms with E-state index in [1.165, 1.54) is 11.8 Å². The van der Waals surface area contributed by atoms with Crippen molar-refractivity contribution >= 4 is 27.7 Å². The maximum absolute atomic E-state index is 8.59. The van der Waals surface area contributed by atoms with E-state index in [1.807, 2.05) is 6.26 Å². The van der Waals surface area contributed by atoms with E-state index in [0.717, 1.165) is 9.39 Å². The van der Waals surface area contributed by atoms with Crippen molar-refractivity contribution in [3.05, 3.63) is 9.39 Å². The zero-order valence-corrected chi connectivity index (χ0v) is 8.71. The zero-order valence-electron chi connectivity index (χ0n) is 6.31. The molecule has 56 valence electrons. The smallest absolute Gasteiger partial charge is 0.107 e. The van der Waals surface area contributed by atoms with E-state index in [4.69, 9.17) is 5.26 Å². The first-order valence-corrected chi connectivity index (χ1v) is 4.99. The summed E-state index contributed by atoms with van der Waals surface area (Å²) in [7, 11) is 0. The molecule has 0 aliphatic heterocycles. The molecule has 0 heterocycles. The normalized spacial score (nSPS) is 12.8. The van der Waals surface area contributed by atoms with Gasteiger partial charge >= 0.3 is 0 Å². The maximum Gasteiger partial charge on any atom is 0.107 e. The minimum absolute atomic E-state index is 0.405. The standard InChI is InChI=1S/C7H10BrNS/c1-5(2)7(8)6(4-9)10-3/h5H,1-3H3/b7-6+. The van der Waals surface area contributed by atoms with Gasteiger partial charge in [0, 0.05) is 4.48 Å². The molecule has 0 N–H and O–H groups in total. The molecule has 0 atom stereocenters. The monoisotopic (exact) mass is 219 g/mol. The van der Waals surface area contributed by atoms with E-state index in [9.17, 15) is 0 Å². The van der Waals surface area contributed by atoms with Gasteiger partial charge in [0.15, 0.2) is 0 Å². The highest BCUT2D eigenvalue weighted by Gasteiger charge is 2.05. The Bertz CT molecular complexity index is 179. The zero-order chi connectivity index (χ0) is 8.15. The summed E-state index contributed by atoms with van der Waals surface area (Å²) in [6.45, 7) is 4.11. The molecule has 0 aromatic heterocycles.